The second-order valence-electron chi connectivity index (χ2n) is 6.60. The smallest absolute Gasteiger partial charge is 0.236 e. The van der Waals surface area contributed by atoms with Gasteiger partial charge in [0.2, 0.25) is 5.91 Å². The number of nitrogens with zero attached hydrogens (tertiary/aromatic N) is 4. The van der Waals surface area contributed by atoms with E-state index in [9.17, 15) is 4.79 Å². The number of hydrogen-bond acceptors (Lipinski definition) is 6. The molecule has 3 heterocycles. The predicted octanol–water partition coefficient (Wildman–Crippen LogP) is 0.632. The molecule has 0 saturated carbocycles. The Bertz CT molecular complexity index is 530. The molecule has 24 heavy (non-hydrogen) atoms. The number of likely N-dealkylation sites (tertiary alicyclic amines) is 1. The molecule has 1 aromatic rings. The molecule has 1 N–H and O–H groups in total. The van der Waals surface area contributed by atoms with E-state index in [0.717, 1.165) is 70.2 Å². The number of carbonyl (C=O) groups is 1. The summed E-state index contributed by atoms with van der Waals surface area (Å²) < 4.78 is 5.34. The molecule has 0 bridgehead atoms. The summed E-state index contributed by atoms with van der Waals surface area (Å²) >= 11 is 0. The molecule has 2 fully saturated rings. The van der Waals surface area contributed by atoms with Gasteiger partial charge in [-0.15, -0.1) is 5.10 Å². The molecule has 2 aliphatic heterocycles. The number of aromatic nitrogens is 2. The van der Waals surface area contributed by atoms with Crippen LogP contribution in [0.4, 0.5) is 5.82 Å². The number of carbonyl (C=O) groups excluding carboxylic acids is 1. The zero-order chi connectivity index (χ0) is 16.8. The average Bonchev–Trinajstić information content (AvgIpc) is 2.63. The van der Waals surface area contributed by atoms with E-state index in [-0.39, 0.29) is 5.91 Å². The van der Waals surface area contributed by atoms with Gasteiger partial charge in [-0.1, -0.05) is 0 Å². The van der Waals surface area contributed by atoms with Crippen molar-refractivity contribution in [2.45, 2.75) is 19.3 Å². The van der Waals surface area contributed by atoms with E-state index in [0.29, 0.717) is 12.5 Å². The average molecular weight is 333 g/mol. The first-order chi connectivity index (χ1) is 11.7. The Balaban J connectivity index is 1.50. The third kappa shape index (κ3) is 4.64. The molecule has 2 aliphatic rings. The van der Waals surface area contributed by atoms with Gasteiger partial charge in [0, 0.05) is 33.2 Å². The van der Waals surface area contributed by atoms with Crippen LogP contribution in [-0.4, -0.2) is 78.9 Å². The minimum Gasteiger partial charge on any atom is -0.379 e. The van der Waals surface area contributed by atoms with Gasteiger partial charge in [-0.25, -0.2) is 0 Å². The first-order valence-electron chi connectivity index (χ1n) is 8.83. The van der Waals surface area contributed by atoms with Crippen molar-refractivity contribution in [2.24, 2.45) is 5.92 Å². The maximum absolute atomic E-state index is 12.6. The fraction of sp³-hybridized carbons (Fsp3) is 0.706. The fourth-order valence-electron chi connectivity index (χ4n) is 3.41. The highest BCUT2D eigenvalue weighted by Crippen LogP contribution is 2.20. The van der Waals surface area contributed by atoms with Gasteiger partial charge in [0.15, 0.2) is 0 Å². The monoisotopic (exact) mass is 333 g/mol. The lowest BCUT2D eigenvalue weighted by atomic mass is 9.93. The summed E-state index contributed by atoms with van der Waals surface area (Å²) in [5.74, 6) is 1.50. The van der Waals surface area contributed by atoms with Gasteiger partial charge >= 0.3 is 0 Å². The normalized spacial score (nSPS) is 22.4. The number of amides is 1. The third-order valence-electron chi connectivity index (χ3n) is 4.81. The van der Waals surface area contributed by atoms with Crippen LogP contribution in [-0.2, 0) is 16.0 Å². The number of ether oxygens (including phenoxy) is 1. The molecule has 0 spiro atoms. The van der Waals surface area contributed by atoms with Crippen molar-refractivity contribution in [3.63, 3.8) is 0 Å². The molecule has 0 radical (unpaired) electrons. The zero-order valence-electron chi connectivity index (χ0n) is 14.4. The van der Waals surface area contributed by atoms with E-state index < -0.39 is 0 Å². The van der Waals surface area contributed by atoms with Crippen LogP contribution in [0.25, 0.3) is 0 Å². The van der Waals surface area contributed by atoms with E-state index in [1.165, 1.54) is 0 Å². The van der Waals surface area contributed by atoms with Crippen molar-refractivity contribution in [3.05, 3.63) is 17.8 Å². The zero-order valence-corrected chi connectivity index (χ0v) is 14.4. The Kier molecular flexibility index (Phi) is 5.98. The van der Waals surface area contributed by atoms with Crippen molar-refractivity contribution in [3.8, 4) is 0 Å². The fourth-order valence-corrected chi connectivity index (χ4v) is 3.41. The summed E-state index contributed by atoms with van der Waals surface area (Å²) in [7, 11) is 1.84. The number of morpholine rings is 1. The molecule has 0 aliphatic carbocycles. The van der Waals surface area contributed by atoms with Crippen LogP contribution in [0.3, 0.4) is 0 Å². The topological polar surface area (TPSA) is 70.6 Å². The standard InChI is InChI=1S/C17H27N5O2/c1-18-16-5-4-15(19-20-16)11-14-3-2-6-22(12-14)17(23)13-21-7-9-24-10-8-21/h4-5,14H,2-3,6-13H2,1H3,(H,18,20)/t14-/m1/s1. The van der Waals surface area contributed by atoms with Crippen LogP contribution in [0.2, 0.25) is 0 Å². The van der Waals surface area contributed by atoms with Gasteiger partial charge in [-0.05, 0) is 37.3 Å². The summed E-state index contributed by atoms with van der Waals surface area (Å²) in [5, 5.41) is 11.4. The molecule has 0 unspecified atom stereocenters. The Morgan fingerprint density at radius 2 is 2.12 bits per heavy atom. The van der Waals surface area contributed by atoms with Crippen molar-refractivity contribution in [2.75, 3.05) is 58.3 Å². The molecule has 1 aromatic heterocycles. The largest absolute Gasteiger partial charge is 0.379 e. The molecule has 7 heteroatoms. The number of nitrogens with one attached hydrogen (secondary N) is 1. The summed E-state index contributed by atoms with van der Waals surface area (Å²) in [5.41, 5.74) is 1.00. The van der Waals surface area contributed by atoms with Crippen LogP contribution in [0.15, 0.2) is 12.1 Å². The van der Waals surface area contributed by atoms with Gasteiger partial charge in [-0.3, -0.25) is 9.69 Å². The first kappa shape index (κ1) is 17.1. The molecule has 3 rings (SSSR count). The second kappa shape index (κ2) is 8.39. The third-order valence-corrected chi connectivity index (χ3v) is 4.81. The van der Waals surface area contributed by atoms with Crippen LogP contribution >= 0.6 is 0 Å². The number of anilines is 1. The van der Waals surface area contributed by atoms with E-state index in [1.807, 2.05) is 24.1 Å². The molecule has 7 nitrogen and oxygen atoms in total. The van der Waals surface area contributed by atoms with Gasteiger partial charge < -0.3 is 15.0 Å². The molecular formula is C17H27N5O2. The lowest BCUT2D eigenvalue weighted by Crippen LogP contribution is -2.47. The van der Waals surface area contributed by atoms with Crippen molar-refractivity contribution < 1.29 is 9.53 Å². The predicted molar refractivity (Wildman–Crippen MR) is 91.8 cm³/mol. The number of rotatable bonds is 5. The highest BCUT2D eigenvalue weighted by atomic mass is 16.5. The van der Waals surface area contributed by atoms with Crippen molar-refractivity contribution in [1.29, 1.82) is 0 Å². The molecule has 0 aromatic carbocycles. The maximum atomic E-state index is 12.6. The van der Waals surface area contributed by atoms with Crippen molar-refractivity contribution in [1.82, 2.24) is 20.0 Å². The van der Waals surface area contributed by atoms with Gasteiger partial charge in [0.25, 0.3) is 0 Å². The molecule has 1 amide bonds. The Morgan fingerprint density at radius 1 is 1.29 bits per heavy atom. The summed E-state index contributed by atoms with van der Waals surface area (Å²) in [4.78, 5) is 16.8. The lowest BCUT2D eigenvalue weighted by molar-refractivity contribution is -0.135. The Labute approximate surface area is 143 Å². The van der Waals surface area contributed by atoms with E-state index in [4.69, 9.17) is 4.74 Å². The molecular weight excluding hydrogens is 306 g/mol. The highest BCUT2D eigenvalue weighted by Gasteiger charge is 2.25. The highest BCUT2D eigenvalue weighted by molar-refractivity contribution is 5.78. The summed E-state index contributed by atoms with van der Waals surface area (Å²) in [6.07, 6.45) is 3.11. The van der Waals surface area contributed by atoms with Crippen LogP contribution in [0.1, 0.15) is 18.5 Å². The van der Waals surface area contributed by atoms with Crippen molar-refractivity contribution >= 4 is 11.7 Å². The SMILES string of the molecule is CNc1ccc(C[C@H]2CCCN(C(=O)CN3CCOCC3)C2)nn1. The van der Waals surface area contributed by atoms with Crippen LogP contribution < -0.4 is 5.32 Å². The summed E-state index contributed by atoms with van der Waals surface area (Å²) in [6, 6.07) is 3.97. The number of hydrogen-bond donors (Lipinski definition) is 1. The van der Waals surface area contributed by atoms with Gasteiger partial charge in [0.1, 0.15) is 5.82 Å². The minimum atomic E-state index is 0.248. The van der Waals surface area contributed by atoms with E-state index in [1.54, 1.807) is 0 Å². The van der Waals surface area contributed by atoms with Crippen LogP contribution in [0.5, 0.6) is 0 Å². The minimum absolute atomic E-state index is 0.248. The molecule has 1 atom stereocenters. The van der Waals surface area contributed by atoms with E-state index >= 15 is 0 Å². The van der Waals surface area contributed by atoms with Crippen LogP contribution in [0, 0.1) is 5.92 Å². The van der Waals surface area contributed by atoms with E-state index in [2.05, 4.69) is 20.4 Å². The van der Waals surface area contributed by atoms with Gasteiger partial charge in [0.05, 0.1) is 25.5 Å². The molecule has 132 valence electrons. The Hall–Kier alpha value is -1.73. The maximum Gasteiger partial charge on any atom is 0.236 e. The molecule has 2 saturated heterocycles. The summed E-state index contributed by atoms with van der Waals surface area (Å²) in [6.45, 7) is 5.41. The lowest BCUT2D eigenvalue weighted by Gasteiger charge is -2.35. The number of piperidine rings is 1. The Morgan fingerprint density at radius 3 is 2.83 bits per heavy atom. The quantitative estimate of drug-likeness (QED) is 0.852. The second-order valence-corrected chi connectivity index (χ2v) is 6.60. The van der Waals surface area contributed by atoms with Gasteiger partial charge in [-0.2, -0.15) is 5.10 Å². The first-order valence-corrected chi connectivity index (χ1v) is 8.83.